The van der Waals surface area contributed by atoms with E-state index in [1.807, 2.05) is 31.0 Å². The van der Waals surface area contributed by atoms with Crippen LogP contribution < -0.4 is 4.90 Å². The van der Waals surface area contributed by atoms with E-state index in [9.17, 15) is 9.90 Å². The third kappa shape index (κ3) is 4.99. The minimum atomic E-state index is -0.103. The number of hydrogen-bond acceptors (Lipinski definition) is 5. The zero-order chi connectivity index (χ0) is 21.7. The number of aliphatic hydroxyl groups excluding tert-OH is 1. The Morgan fingerprint density at radius 3 is 2.67 bits per heavy atom. The number of hydrogen-bond donors (Lipinski definition) is 1. The number of carbonyl (C=O) groups is 1. The number of likely N-dealkylation sites (tertiary alicyclic amines) is 1. The number of anilines is 1. The summed E-state index contributed by atoms with van der Waals surface area (Å²) in [6, 6.07) is 5.44. The van der Waals surface area contributed by atoms with Gasteiger partial charge in [0.05, 0.1) is 22.3 Å². The number of aliphatic imine (C=N–C) groups is 1. The molecule has 2 saturated heterocycles. The van der Waals surface area contributed by atoms with Crippen molar-refractivity contribution >= 4 is 41.0 Å². The summed E-state index contributed by atoms with van der Waals surface area (Å²) in [7, 11) is 1.86. The molecular formula is C22H29Cl2N3O3. The van der Waals surface area contributed by atoms with Crippen LogP contribution in [0.15, 0.2) is 34.6 Å². The number of piperidine rings is 1. The Balaban J connectivity index is 1.89. The summed E-state index contributed by atoms with van der Waals surface area (Å²) in [5.41, 5.74) is 1.49. The van der Waals surface area contributed by atoms with E-state index in [1.165, 1.54) is 0 Å². The summed E-state index contributed by atoms with van der Waals surface area (Å²) in [6.45, 7) is 5.02. The fourth-order valence-corrected chi connectivity index (χ4v) is 4.50. The molecule has 6 nitrogen and oxygen atoms in total. The Morgan fingerprint density at radius 1 is 1.33 bits per heavy atom. The number of nitrogens with zero attached hydrogens (tertiary/aromatic N) is 3. The molecule has 2 fully saturated rings. The average Bonchev–Trinajstić information content (AvgIpc) is 3.20. The first kappa shape index (κ1) is 23.1. The van der Waals surface area contributed by atoms with Crippen molar-refractivity contribution in [3.8, 4) is 0 Å². The summed E-state index contributed by atoms with van der Waals surface area (Å²) in [5, 5.41) is 10.4. The Morgan fingerprint density at radius 2 is 2.07 bits per heavy atom. The minimum absolute atomic E-state index is 0.103. The lowest BCUT2D eigenvalue weighted by Crippen LogP contribution is -2.40. The molecule has 0 saturated carbocycles. The number of rotatable bonds is 6. The number of ether oxygens (including phenoxy) is 1. The van der Waals surface area contributed by atoms with E-state index in [-0.39, 0.29) is 18.4 Å². The fraction of sp³-hybridized carbons (Fsp3) is 0.545. The first-order valence-electron chi connectivity index (χ1n) is 10.3. The third-order valence-corrected chi connectivity index (χ3v) is 6.97. The quantitative estimate of drug-likeness (QED) is 0.303. The van der Waals surface area contributed by atoms with Gasteiger partial charge in [0.1, 0.15) is 17.9 Å². The van der Waals surface area contributed by atoms with Crippen LogP contribution in [0.2, 0.25) is 10.0 Å². The molecule has 0 aliphatic carbocycles. The van der Waals surface area contributed by atoms with Gasteiger partial charge >= 0.3 is 0 Å². The zero-order valence-corrected chi connectivity index (χ0v) is 19.0. The van der Waals surface area contributed by atoms with E-state index >= 15 is 0 Å². The number of carbonyl (C=O) groups excluding carboxylic acids is 1. The van der Waals surface area contributed by atoms with Crippen molar-refractivity contribution in [3.05, 3.63) is 39.6 Å². The maximum Gasteiger partial charge on any atom is 0.149 e. The van der Waals surface area contributed by atoms with Gasteiger partial charge in [0.2, 0.25) is 0 Å². The summed E-state index contributed by atoms with van der Waals surface area (Å²) in [4.78, 5) is 20.6. The largest absolute Gasteiger partial charge is 0.396 e. The number of amidine groups is 1. The Bertz CT molecular complexity index is 825. The van der Waals surface area contributed by atoms with Crippen LogP contribution in [0.1, 0.15) is 32.6 Å². The normalized spacial score (nSPS) is 19.8. The van der Waals surface area contributed by atoms with Crippen molar-refractivity contribution < 1.29 is 14.6 Å². The maximum atomic E-state index is 11.8. The second-order valence-corrected chi connectivity index (χ2v) is 8.81. The van der Waals surface area contributed by atoms with Crippen molar-refractivity contribution in [1.29, 1.82) is 0 Å². The Hall–Kier alpha value is -1.60. The van der Waals surface area contributed by atoms with Gasteiger partial charge in [-0.3, -0.25) is 4.79 Å². The number of benzene rings is 1. The first-order chi connectivity index (χ1) is 14.4. The van der Waals surface area contributed by atoms with Crippen LogP contribution in [0.3, 0.4) is 0 Å². The number of halogens is 2. The van der Waals surface area contributed by atoms with Crippen molar-refractivity contribution in [2.45, 2.75) is 32.6 Å². The summed E-state index contributed by atoms with van der Waals surface area (Å²) in [5.74, 6) is 1.30. The lowest BCUT2D eigenvalue weighted by atomic mass is 9.78. The lowest BCUT2D eigenvalue weighted by molar-refractivity contribution is -0.105. The van der Waals surface area contributed by atoms with Gasteiger partial charge in [-0.1, -0.05) is 29.3 Å². The molecule has 0 bridgehead atoms. The van der Waals surface area contributed by atoms with Gasteiger partial charge in [0.25, 0.3) is 0 Å². The van der Waals surface area contributed by atoms with Gasteiger partial charge in [-0.25, -0.2) is 4.99 Å². The van der Waals surface area contributed by atoms with E-state index in [0.29, 0.717) is 27.3 Å². The highest BCUT2D eigenvalue weighted by Crippen LogP contribution is 2.40. The monoisotopic (exact) mass is 453 g/mol. The third-order valence-electron chi connectivity index (χ3n) is 6.16. The van der Waals surface area contributed by atoms with Gasteiger partial charge in [-0.05, 0) is 43.7 Å². The molecule has 0 radical (unpaired) electrons. The molecule has 8 heteroatoms. The molecule has 1 aromatic carbocycles. The van der Waals surface area contributed by atoms with Crippen LogP contribution in [-0.2, 0) is 9.53 Å². The molecule has 3 rings (SSSR count). The summed E-state index contributed by atoms with van der Waals surface area (Å²) in [6.07, 6.45) is 4.17. The van der Waals surface area contributed by atoms with Gasteiger partial charge in [0.15, 0.2) is 0 Å². The predicted octanol–water partition coefficient (Wildman–Crippen LogP) is 4.14. The standard InChI is InChI=1S/C22H29Cl2N3O3/c1-16(26(2)19-5-3-4-18(23)20(19)24)25-21(17(14-29)6-12-28)27-10-7-22(8-11-27)9-13-30-15-22/h3-5,14,28H,6-13,15H2,1-2H3/b21-17+,25-16?. The second-order valence-electron chi connectivity index (χ2n) is 8.02. The molecule has 0 aromatic heterocycles. The average molecular weight is 454 g/mol. The Kier molecular flexibility index (Phi) is 7.80. The molecule has 30 heavy (non-hydrogen) atoms. The predicted molar refractivity (Wildman–Crippen MR) is 121 cm³/mol. The Labute approximate surface area is 188 Å². The minimum Gasteiger partial charge on any atom is -0.396 e. The van der Waals surface area contributed by atoms with Crippen molar-refractivity contribution in [2.75, 3.05) is 44.9 Å². The molecule has 0 atom stereocenters. The van der Waals surface area contributed by atoms with E-state index in [1.54, 1.807) is 6.07 Å². The highest BCUT2D eigenvalue weighted by molar-refractivity contribution is 6.44. The summed E-state index contributed by atoms with van der Waals surface area (Å²) >= 11 is 12.5. The van der Waals surface area contributed by atoms with Crippen molar-refractivity contribution in [1.82, 2.24) is 4.90 Å². The molecule has 1 N–H and O–H groups in total. The van der Waals surface area contributed by atoms with Crippen LogP contribution in [0.5, 0.6) is 0 Å². The highest BCUT2D eigenvalue weighted by Gasteiger charge is 2.38. The highest BCUT2D eigenvalue weighted by atomic mass is 35.5. The van der Waals surface area contributed by atoms with Crippen LogP contribution >= 0.6 is 23.2 Å². The smallest absolute Gasteiger partial charge is 0.149 e. The van der Waals surface area contributed by atoms with Crippen LogP contribution in [0.25, 0.3) is 0 Å². The van der Waals surface area contributed by atoms with Crippen molar-refractivity contribution in [2.24, 2.45) is 10.4 Å². The maximum absolute atomic E-state index is 11.8. The zero-order valence-electron chi connectivity index (χ0n) is 17.5. The molecule has 2 aliphatic heterocycles. The first-order valence-corrected chi connectivity index (χ1v) is 11.0. The molecule has 2 heterocycles. The van der Waals surface area contributed by atoms with E-state index in [4.69, 9.17) is 32.9 Å². The van der Waals surface area contributed by atoms with Gasteiger partial charge in [0, 0.05) is 45.3 Å². The molecule has 0 amide bonds. The number of aliphatic hydroxyl groups is 1. The second kappa shape index (κ2) is 10.1. The van der Waals surface area contributed by atoms with Gasteiger partial charge < -0.3 is 19.6 Å². The topological polar surface area (TPSA) is 65.4 Å². The number of aldehydes is 1. The van der Waals surface area contributed by atoms with Gasteiger partial charge in [-0.2, -0.15) is 0 Å². The van der Waals surface area contributed by atoms with Crippen LogP contribution in [0, 0.1) is 5.41 Å². The van der Waals surface area contributed by atoms with Crippen LogP contribution in [-0.4, -0.2) is 62.1 Å². The molecule has 2 aliphatic rings. The summed E-state index contributed by atoms with van der Waals surface area (Å²) < 4.78 is 5.63. The fourth-order valence-electron chi connectivity index (χ4n) is 4.08. The van der Waals surface area contributed by atoms with Gasteiger partial charge in [-0.15, -0.1) is 0 Å². The molecule has 164 valence electrons. The lowest BCUT2D eigenvalue weighted by Gasteiger charge is -2.40. The van der Waals surface area contributed by atoms with E-state index in [0.717, 1.165) is 57.5 Å². The molecule has 0 unspecified atom stereocenters. The van der Waals surface area contributed by atoms with E-state index in [2.05, 4.69) is 4.90 Å². The molecular weight excluding hydrogens is 425 g/mol. The molecule has 1 spiro atoms. The van der Waals surface area contributed by atoms with Crippen LogP contribution in [0.4, 0.5) is 5.69 Å². The van der Waals surface area contributed by atoms with Crippen molar-refractivity contribution in [3.63, 3.8) is 0 Å². The van der Waals surface area contributed by atoms with E-state index < -0.39 is 0 Å². The SMILES string of the molecule is CC(=N/C(=C(\C=O)CCO)N1CCC2(CCOC2)CC1)N(C)c1cccc(Cl)c1Cl. The molecule has 1 aromatic rings.